The summed E-state index contributed by atoms with van der Waals surface area (Å²) in [6, 6.07) is 8.04. The summed E-state index contributed by atoms with van der Waals surface area (Å²) in [6.45, 7) is 1.44. The Labute approximate surface area is 179 Å². The molecule has 7 nitrogen and oxygen atoms in total. The van der Waals surface area contributed by atoms with E-state index in [0.29, 0.717) is 24.6 Å². The molecule has 1 heterocycles. The topological polar surface area (TPSA) is 90.3 Å². The molecule has 158 valence electrons. The lowest BCUT2D eigenvalue weighted by Gasteiger charge is -2.23. The molecule has 0 saturated carbocycles. The van der Waals surface area contributed by atoms with Crippen LogP contribution < -0.4 is 21.9 Å². The summed E-state index contributed by atoms with van der Waals surface area (Å²) in [5.74, 6) is 0.597. The second kappa shape index (κ2) is 10.5. The van der Waals surface area contributed by atoms with Gasteiger partial charge in [0.2, 0.25) is 0 Å². The van der Waals surface area contributed by atoms with Gasteiger partial charge in [0, 0.05) is 51.1 Å². The Morgan fingerprint density at radius 3 is 2.17 bits per heavy atom. The molecule has 0 aliphatic rings. The summed E-state index contributed by atoms with van der Waals surface area (Å²) >= 11 is 11.7. The van der Waals surface area contributed by atoms with Crippen LogP contribution in [0, 0.1) is 0 Å². The van der Waals surface area contributed by atoms with E-state index < -0.39 is 11.2 Å². The van der Waals surface area contributed by atoms with Crippen LogP contribution >= 0.6 is 23.2 Å². The smallest absolute Gasteiger partial charge is 0.332 e. The molecule has 0 bridgehead atoms. The Bertz CT molecular complexity index is 961. The summed E-state index contributed by atoms with van der Waals surface area (Å²) in [7, 11) is 2.77. The van der Waals surface area contributed by atoms with E-state index in [-0.39, 0.29) is 23.6 Å². The van der Waals surface area contributed by atoms with E-state index >= 15 is 0 Å². The quantitative estimate of drug-likeness (QED) is 0.451. The summed E-state index contributed by atoms with van der Waals surface area (Å²) in [5.41, 5.74) is 6.64. The third-order valence-corrected chi connectivity index (χ3v) is 5.21. The van der Waals surface area contributed by atoms with Gasteiger partial charge in [0.05, 0.1) is 0 Å². The van der Waals surface area contributed by atoms with Crippen molar-refractivity contribution in [2.45, 2.75) is 19.3 Å². The van der Waals surface area contributed by atoms with Crippen LogP contribution in [0.2, 0.25) is 0 Å². The standard InChI is InChI=1S/C20H26Cl2N4O3/c1-24-18(23)17(19(28)25(2)20(24)29)16(27)5-3-4-14-6-8-15(9-7-14)26(12-10-21)13-11-22/h6-9H,3-5,10-13,23H2,1-2H3. The van der Waals surface area contributed by atoms with E-state index in [1.54, 1.807) is 0 Å². The Morgan fingerprint density at radius 1 is 1.03 bits per heavy atom. The van der Waals surface area contributed by atoms with Gasteiger partial charge in [-0.15, -0.1) is 23.2 Å². The fourth-order valence-corrected chi connectivity index (χ4v) is 3.56. The number of benzene rings is 1. The number of hydrogen-bond donors (Lipinski definition) is 1. The van der Waals surface area contributed by atoms with Gasteiger partial charge < -0.3 is 10.6 Å². The van der Waals surface area contributed by atoms with Crippen LogP contribution in [0.5, 0.6) is 0 Å². The van der Waals surface area contributed by atoms with Crippen molar-refractivity contribution in [3.8, 4) is 0 Å². The number of anilines is 2. The molecule has 2 aromatic rings. The number of rotatable bonds is 10. The average molecular weight is 441 g/mol. The zero-order chi connectivity index (χ0) is 21.6. The summed E-state index contributed by atoms with van der Waals surface area (Å²) in [4.78, 5) is 38.8. The van der Waals surface area contributed by atoms with Gasteiger partial charge in [-0.25, -0.2) is 4.79 Å². The van der Waals surface area contributed by atoms with Crippen LogP contribution in [-0.4, -0.2) is 39.8 Å². The Balaban J connectivity index is 2.03. The van der Waals surface area contributed by atoms with Crippen molar-refractivity contribution in [2.75, 3.05) is 35.5 Å². The molecule has 0 unspecified atom stereocenters. The highest BCUT2D eigenvalue weighted by molar-refractivity contribution is 6.18. The number of ketones is 1. The van der Waals surface area contributed by atoms with Crippen LogP contribution in [-0.2, 0) is 20.5 Å². The number of aryl methyl sites for hydroxylation is 1. The van der Waals surface area contributed by atoms with E-state index in [9.17, 15) is 14.4 Å². The highest BCUT2D eigenvalue weighted by Gasteiger charge is 2.19. The number of nitrogen functional groups attached to an aromatic ring is 1. The minimum atomic E-state index is -0.654. The fourth-order valence-electron chi connectivity index (χ4n) is 3.15. The van der Waals surface area contributed by atoms with Crippen molar-refractivity contribution in [1.82, 2.24) is 9.13 Å². The van der Waals surface area contributed by atoms with Gasteiger partial charge in [0.1, 0.15) is 11.4 Å². The lowest BCUT2D eigenvalue weighted by atomic mass is 10.0. The lowest BCUT2D eigenvalue weighted by Crippen LogP contribution is -2.41. The first kappa shape index (κ1) is 23.0. The third kappa shape index (κ3) is 5.42. The second-order valence-corrected chi connectivity index (χ2v) is 7.53. The highest BCUT2D eigenvalue weighted by Crippen LogP contribution is 2.17. The van der Waals surface area contributed by atoms with Crippen LogP contribution in [0.4, 0.5) is 11.5 Å². The van der Waals surface area contributed by atoms with Gasteiger partial charge in [-0.05, 0) is 30.5 Å². The number of nitrogens with zero attached hydrogens (tertiary/aromatic N) is 3. The Morgan fingerprint density at radius 2 is 1.62 bits per heavy atom. The molecule has 0 aliphatic heterocycles. The van der Waals surface area contributed by atoms with Crippen molar-refractivity contribution in [1.29, 1.82) is 0 Å². The van der Waals surface area contributed by atoms with Crippen molar-refractivity contribution >= 4 is 40.5 Å². The molecule has 0 saturated heterocycles. The first-order chi connectivity index (χ1) is 13.8. The Kier molecular flexibility index (Phi) is 8.34. The van der Waals surface area contributed by atoms with Crippen LogP contribution in [0.1, 0.15) is 28.8 Å². The van der Waals surface area contributed by atoms with Gasteiger partial charge in [-0.3, -0.25) is 18.7 Å². The molecule has 0 amide bonds. The van der Waals surface area contributed by atoms with Gasteiger partial charge in [-0.2, -0.15) is 0 Å². The van der Waals surface area contributed by atoms with Crippen LogP contribution in [0.25, 0.3) is 0 Å². The molecule has 0 fully saturated rings. The molecule has 2 N–H and O–H groups in total. The molecular formula is C20H26Cl2N4O3. The maximum Gasteiger partial charge on any atom is 0.332 e. The second-order valence-electron chi connectivity index (χ2n) is 6.77. The van der Waals surface area contributed by atoms with Gasteiger partial charge in [0.25, 0.3) is 5.56 Å². The van der Waals surface area contributed by atoms with Gasteiger partial charge >= 0.3 is 5.69 Å². The maximum absolute atomic E-state index is 12.5. The number of nitrogens with two attached hydrogens (primary N) is 1. The molecule has 1 aromatic heterocycles. The molecule has 0 atom stereocenters. The van der Waals surface area contributed by atoms with Crippen LogP contribution in [0.3, 0.4) is 0 Å². The normalized spacial score (nSPS) is 10.9. The zero-order valence-corrected chi connectivity index (χ0v) is 18.2. The van der Waals surface area contributed by atoms with E-state index in [1.165, 1.54) is 14.1 Å². The number of alkyl halides is 2. The molecular weight excluding hydrogens is 415 g/mol. The third-order valence-electron chi connectivity index (χ3n) is 4.87. The fraction of sp³-hybridized carbons (Fsp3) is 0.450. The Hall–Kier alpha value is -2.25. The average Bonchev–Trinajstić information content (AvgIpc) is 2.71. The number of carbonyl (C=O) groups excluding carboxylic acids is 1. The first-order valence-corrected chi connectivity index (χ1v) is 10.4. The molecule has 1 aromatic carbocycles. The van der Waals surface area contributed by atoms with E-state index in [1.807, 2.05) is 24.3 Å². The largest absolute Gasteiger partial charge is 0.384 e. The van der Waals surface area contributed by atoms with E-state index in [4.69, 9.17) is 28.9 Å². The first-order valence-electron chi connectivity index (χ1n) is 9.36. The molecule has 29 heavy (non-hydrogen) atoms. The predicted molar refractivity (Wildman–Crippen MR) is 119 cm³/mol. The number of halogens is 2. The van der Waals surface area contributed by atoms with E-state index in [2.05, 4.69) is 4.90 Å². The van der Waals surface area contributed by atoms with Gasteiger partial charge in [-0.1, -0.05) is 12.1 Å². The number of carbonyl (C=O) groups is 1. The minimum Gasteiger partial charge on any atom is -0.384 e. The lowest BCUT2D eigenvalue weighted by molar-refractivity contribution is 0.0978. The zero-order valence-electron chi connectivity index (χ0n) is 16.7. The van der Waals surface area contributed by atoms with Crippen LogP contribution in [0.15, 0.2) is 33.9 Å². The van der Waals surface area contributed by atoms with Crippen molar-refractivity contribution < 1.29 is 4.79 Å². The van der Waals surface area contributed by atoms with Gasteiger partial charge in [0.15, 0.2) is 5.78 Å². The van der Waals surface area contributed by atoms with Crippen molar-refractivity contribution in [3.05, 3.63) is 56.2 Å². The van der Waals surface area contributed by atoms with E-state index in [0.717, 1.165) is 33.5 Å². The molecule has 0 aliphatic carbocycles. The van der Waals surface area contributed by atoms with Crippen molar-refractivity contribution in [3.63, 3.8) is 0 Å². The molecule has 2 rings (SSSR count). The predicted octanol–water partition coefficient (Wildman–Crippen LogP) is 2.16. The number of aromatic nitrogens is 2. The molecule has 0 spiro atoms. The highest BCUT2D eigenvalue weighted by atomic mass is 35.5. The van der Waals surface area contributed by atoms with Crippen molar-refractivity contribution in [2.24, 2.45) is 14.1 Å². The summed E-state index contributed by atoms with van der Waals surface area (Å²) < 4.78 is 2.01. The maximum atomic E-state index is 12.5. The SMILES string of the molecule is Cn1c(N)c(C(=O)CCCc2ccc(N(CCCl)CCCl)cc2)c(=O)n(C)c1=O. The minimum absolute atomic E-state index is 0.0915. The molecule has 9 heteroatoms. The summed E-state index contributed by atoms with van der Waals surface area (Å²) in [6.07, 6.45) is 1.42. The summed E-state index contributed by atoms with van der Waals surface area (Å²) in [5, 5.41) is 0. The monoisotopic (exact) mass is 440 g/mol. The number of hydrogen-bond acceptors (Lipinski definition) is 5. The molecule has 0 radical (unpaired) electrons. The number of Topliss-reactive ketones (excluding diaryl/α,β-unsaturated/α-hetero) is 1.